The Morgan fingerprint density at radius 2 is 1.89 bits per heavy atom. The molecule has 1 saturated carbocycles. The van der Waals surface area contributed by atoms with E-state index in [0.29, 0.717) is 5.56 Å². The molecule has 3 N–H and O–H groups in total. The average molecular weight is 245 g/mol. The highest BCUT2D eigenvalue weighted by Crippen LogP contribution is 2.44. The lowest BCUT2D eigenvalue weighted by Crippen LogP contribution is -2.41. The van der Waals surface area contributed by atoms with Crippen molar-refractivity contribution in [2.45, 2.75) is 19.8 Å². The Morgan fingerprint density at radius 3 is 2.44 bits per heavy atom. The molecule has 5 heteroatoms. The Bertz CT molecular complexity index is 504. The highest BCUT2D eigenvalue weighted by molar-refractivity contribution is 6.07. The van der Waals surface area contributed by atoms with E-state index in [9.17, 15) is 9.59 Å². The predicted octanol–water partition coefficient (Wildman–Crippen LogP) is 1.06. The van der Waals surface area contributed by atoms with Crippen molar-refractivity contribution in [1.29, 1.82) is 0 Å². The standard InChI is InChI=1S/C13H15N3O2/c1-13(7-8-13)11(18)16-12(14)15-10(17)9-5-3-2-4-6-9/h2-6H,7-8H2,1H3,(H3,14,15,16,17,18). The molecule has 18 heavy (non-hydrogen) atoms. The van der Waals surface area contributed by atoms with Crippen molar-refractivity contribution in [3.05, 3.63) is 35.9 Å². The fourth-order valence-electron chi connectivity index (χ4n) is 1.46. The summed E-state index contributed by atoms with van der Waals surface area (Å²) in [7, 11) is 0. The first-order valence-corrected chi connectivity index (χ1v) is 5.76. The van der Waals surface area contributed by atoms with Crippen LogP contribution in [-0.2, 0) is 4.79 Å². The zero-order chi connectivity index (χ0) is 13.2. The number of nitrogens with zero attached hydrogens (tertiary/aromatic N) is 1. The molecule has 5 nitrogen and oxygen atoms in total. The molecule has 0 spiro atoms. The minimum absolute atomic E-state index is 0.151. The summed E-state index contributed by atoms with van der Waals surface area (Å²) in [6.07, 6.45) is 1.69. The molecule has 0 saturated heterocycles. The lowest BCUT2D eigenvalue weighted by Gasteiger charge is -2.08. The van der Waals surface area contributed by atoms with Gasteiger partial charge in [0.15, 0.2) is 0 Å². The van der Waals surface area contributed by atoms with Crippen LogP contribution in [0, 0.1) is 5.41 Å². The molecule has 0 aliphatic heterocycles. The summed E-state index contributed by atoms with van der Waals surface area (Å²) in [5.41, 5.74) is 5.63. The third-order valence-corrected chi connectivity index (χ3v) is 3.03. The van der Waals surface area contributed by atoms with E-state index in [2.05, 4.69) is 10.3 Å². The quantitative estimate of drug-likeness (QED) is 0.603. The molecule has 94 valence electrons. The number of carbonyl (C=O) groups excluding carboxylic acids is 2. The van der Waals surface area contributed by atoms with Crippen LogP contribution in [0.25, 0.3) is 0 Å². The molecule has 1 aliphatic rings. The fraction of sp³-hybridized carbons (Fsp3) is 0.308. The Labute approximate surface area is 105 Å². The molecular weight excluding hydrogens is 230 g/mol. The molecule has 1 fully saturated rings. The molecule has 0 heterocycles. The van der Waals surface area contributed by atoms with Crippen LogP contribution in [0.4, 0.5) is 0 Å². The van der Waals surface area contributed by atoms with Crippen molar-refractivity contribution in [1.82, 2.24) is 5.32 Å². The molecule has 0 unspecified atom stereocenters. The molecular formula is C13H15N3O2. The Kier molecular flexibility index (Phi) is 3.14. The van der Waals surface area contributed by atoms with E-state index >= 15 is 0 Å². The number of benzene rings is 1. The van der Waals surface area contributed by atoms with E-state index in [1.807, 2.05) is 6.92 Å². The average Bonchev–Trinajstić information content (AvgIpc) is 3.09. The first-order chi connectivity index (χ1) is 8.51. The second-order valence-corrected chi connectivity index (χ2v) is 4.68. The number of guanidine groups is 1. The van der Waals surface area contributed by atoms with Crippen LogP contribution >= 0.6 is 0 Å². The van der Waals surface area contributed by atoms with Crippen LogP contribution in [0.15, 0.2) is 35.3 Å². The number of hydrogen-bond acceptors (Lipinski definition) is 2. The summed E-state index contributed by atoms with van der Waals surface area (Å²) >= 11 is 0. The van der Waals surface area contributed by atoms with Crippen LogP contribution in [0.2, 0.25) is 0 Å². The maximum absolute atomic E-state index is 11.7. The second-order valence-electron chi connectivity index (χ2n) is 4.68. The zero-order valence-electron chi connectivity index (χ0n) is 10.1. The van der Waals surface area contributed by atoms with Crippen LogP contribution < -0.4 is 11.1 Å². The Hall–Kier alpha value is -2.17. The third-order valence-electron chi connectivity index (χ3n) is 3.03. The van der Waals surface area contributed by atoms with Gasteiger partial charge >= 0.3 is 0 Å². The predicted molar refractivity (Wildman–Crippen MR) is 67.9 cm³/mol. The summed E-state index contributed by atoms with van der Waals surface area (Å²) in [6, 6.07) is 8.57. The maximum atomic E-state index is 11.7. The Morgan fingerprint density at radius 1 is 1.28 bits per heavy atom. The zero-order valence-corrected chi connectivity index (χ0v) is 10.1. The molecule has 1 aliphatic carbocycles. The first-order valence-electron chi connectivity index (χ1n) is 5.76. The van der Waals surface area contributed by atoms with Crippen molar-refractivity contribution >= 4 is 17.8 Å². The number of aliphatic imine (C=N–C) groups is 1. The van der Waals surface area contributed by atoms with E-state index in [1.165, 1.54) is 0 Å². The molecule has 0 radical (unpaired) electrons. The van der Waals surface area contributed by atoms with E-state index in [-0.39, 0.29) is 17.3 Å². The summed E-state index contributed by atoms with van der Waals surface area (Å²) in [4.78, 5) is 27.0. The van der Waals surface area contributed by atoms with Gasteiger partial charge in [0.2, 0.25) is 11.9 Å². The van der Waals surface area contributed by atoms with Gasteiger partial charge in [-0.25, -0.2) is 0 Å². The number of nitrogens with one attached hydrogen (secondary N) is 1. The molecule has 1 aromatic rings. The van der Waals surface area contributed by atoms with Gasteiger partial charge in [-0.3, -0.25) is 14.9 Å². The minimum atomic E-state index is -0.464. The maximum Gasteiger partial charge on any atom is 0.280 e. The van der Waals surface area contributed by atoms with Crippen LogP contribution in [0.3, 0.4) is 0 Å². The van der Waals surface area contributed by atoms with Crippen molar-refractivity contribution in [3.63, 3.8) is 0 Å². The minimum Gasteiger partial charge on any atom is -0.369 e. The highest BCUT2D eigenvalue weighted by atomic mass is 16.2. The molecule has 1 aromatic carbocycles. The van der Waals surface area contributed by atoms with E-state index in [0.717, 1.165) is 12.8 Å². The van der Waals surface area contributed by atoms with E-state index in [1.54, 1.807) is 30.3 Å². The van der Waals surface area contributed by atoms with Gasteiger partial charge in [0.05, 0.1) is 0 Å². The number of rotatable bonds is 2. The first kappa shape index (κ1) is 12.3. The Balaban J connectivity index is 2.00. The fourth-order valence-corrected chi connectivity index (χ4v) is 1.46. The molecule has 0 aromatic heterocycles. The number of nitrogens with two attached hydrogens (primary N) is 1. The summed E-state index contributed by atoms with van der Waals surface area (Å²) < 4.78 is 0. The summed E-state index contributed by atoms with van der Waals surface area (Å²) in [6.45, 7) is 1.86. The largest absolute Gasteiger partial charge is 0.369 e. The van der Waals surface area contributed by atoms with E-state index < -0.39 is 5.91 Å². The van der Waals surface area contributed by atoms with Gasteiger partial charge < -0.3 is 5.73 Å². The monoisotopic (exact) mass is 245 g/mol. The lowest BCUT2D eigenvalue weighted by molar-refractivity contribution is -0.124. The van der Waals surface area contributed by atoms with Crippen molar-refractivity contribution in [2.75, 3.05) is 0 Å². The van der Waals surface area contributed by atoms with Gasteiger partial charge in [-0.1, -0.05) is 25.1 Å². The lowest BCUT2D eigenvalue weighted by atomic mass is 10.1. The van der Waals surface area contributed by atoms with Gasteiger partial charge in [-0.05, 0) is 25.0 Å². The van der Waals surface area contributed by atoms with Crippen LogP contribution in [-0.4, -0.2) is 17.8 Å². The molecule has 2 amide bonds. The molecule has 0 bridgehead atoms. The smallest absolute Gasteiger partial charge is 0.280 e. The number of hydrogen-bond donors (Lipinski definition) is 2. The van der Waals surface area contributed by atoms with Crippen molar-refractivity contribution in [2.24, 2.45) is 16.1 Å². The third kappa shape index (κ3) is 2.74. The summed E-state index contributed by atoms with van der Waals surface area (Å²) in [5, 5.41) is 2.45. The van der Waals surface area contributed by atoms with Gasteiger partial charge in [0, 0.05) is 11.0 Å². The number of amides is 2. The number of carbonyl (C=O) groups is 2. The second kappa shape index (κ2) is 4.60. The topological polar surface area (TPSA) is 84.6 Å². The van der Waals surface area contributed by atoms with Crippen LogP contribution in [0.5, 0.6) is 0 Å². The van der Waals surface area contributed by atoms with Gasteiger partial charge in [0.25, 0.3) is 5.91 Å². The normalized spacial score (nSPS) is 17.1. The van der Waals surface area contributed by atoms with Gasteiger partial charge in [0.1, 0.15) is 0 Å². The van der Waals surface area contributed by atoms with Crippen molar-refractivity contribution in [3.8, 4) is 0 Å². The summed E-state index contributed by atoms with van der Waals surface area (Å²) in [5.74, 6) is -0.791. The van der Waals surface area contributed by atoms with Crippen molar-refractivity contribution < 1.29 is 9.59 Å². The van der Waals surface area contributed by atoms with Gasteiger partial charge in [-0.2, -0.15) is 4.99 Å². The molecule has 2 rings (SSSR count). The SMILES string of the molecule is CC1(C(=O)NC(N)=NC(=O)c2ccccc2)CC1. The van der Waals surface area contributed by atoms with Crippen LogP contribution in [0.1, 0.15) is 30.1 Å². The van der Waals surface area contributed by atoms with E-state index in [4.69, 9.17) is 5.73 Å². The highest BCUT2D eigenvalue weighted by Gasteiger charge is 2.45. The van der Waals surface area contributed by atoms with Gasteiger partial charge in [-0.15, -0.1) is 0 Å². The molecule has 0 atom stereocenters.